The first-order chi connectivity index (χ1) is 7.69. The van der Waals surface area contributed by atoms with Crippen molar-refractivity contribution in [2.24, 2.45) is 5.92 Å². The van der Waals surface area contributed by atoms with E-state index in [0.29, 0.717) is 18.3 Å². The predicted molar refractivity (Wildman–Crippen MR) is 66.2 cm³/mol. The summed E-state index contributed by atoms with van der Waals surface area (Å²) >= 11 is 3.48. The van der Waals surface area contributed by atoms with Gasteiger partial charge < -0.3 is 4.74 Å². The molecule has 2 nitrogen and oxygen atoms in total. The van der Waals surface area contributed by atoms with E-state index in [2.05, 4.69) is 38.9 Å². The van der Waals surface area contributed by atoms with Gasteiger partial charge in [0.05, 0.1) is 7.11 Å². The van der Waals surface area contributed by atoms with Crippen molar-refractivity contribution in [3.63, 3.8) is 0 Å². The first-order valence-electron chi connectivity index (χ1n) is 5.51. The van der Waals surface area contributed by atoms with Gasteiger partial charge in [-0.15, -0.1) is 0 Å². The quantitative estimate of drug-likeness (QED) is 0.793. The van der Waals surface area contributed by atoms with Gasteiger partial charge in [-0.2, -0.15) is 0 Å². The summed E-state index contributed by atoms with van der Waals surface area (Å²) in [4.78, 5) is 11.1. The largest absolute Gasteiger partial charge is 0.469 e. The van der Waals surface area contributed by atoms with E-state index in [0.717, 1.165) is 17.3 Å². The Balaban J connectivity index is 1.86. The summed E-state index contributed by atoms with van der Waals surface area (Å²) in [6.45, 7) is 0. The van der Waals surface area contributed by atoms with E-state index < -0.39 is 0 Å². The number of hydrogen-bond acceptors (Lipinski definition) is 2. The van der Waals surface area contributed by atoms with Gasteiger partial charge in [0.25, 0.3) is 0 Å². The third-order valence-electron chi connectivity index (χ3n) is 3.24. The zero-order valence-electron chi connectivity index (χ0n) is 9.28. The van der Waals surface area contributed by atoms with Crippen LogP contribution in [0.4, 0.5) is 0 Å². The van der Waals surface area contributed by atoms with Crippen LogP contribution in [0.5, 0.6) is 0 Å². The van der Waals surface area contributed by atoms with Crippen LogP contribution in [0.3, 0.4) is 0 Å². The maximum absolute atomic E-state index is 11.1. The molecule has 1 aliphatic carbocycles. The second kappa shape index (κ2) is 5.00. The van der Waals surface area contributed by atoms with Gasteiger partial charge in [0, 0.05) is 10.9 Å². The molecule has 86 valence electrons. The summed E-state index contributed by atoms with van der Waals surface area (Å²) in [5.74, 6) is 1.04. The normalized spacial score (nSPS) is 23.6. The molecule has 1 aromatic rings. The van der Waals surface area contributed by atoms with Crippen molar-refractivity contribution in [3.05, 3.63) is 34.3 Å². The number of esters is 1. The highest BCUT2D eigenvalue weighted by atomic mass is 79.9. The minimum Gasteiger partial charge on any atom is -0.469 e. The molecule has 0 spiro atoms. The van der Waals surface area contributed by atoms with E-state index >= 15 is 0 Å². The van der Waals surface area contributed by atoms with Crippen LogP contribution < -0.4 is 0 Å². The Morgan fingerprint density at radius 2 is 2.25 bits per heavy atom. The van der Waals surface area contributed by atoms with Crippen molar-refractivity contribution >= 4 is 21.9 Å². The van der Waals surface area contributed by atoms with Crippen molar-refractivity contribution in [1.29, 1.82) is 0 Å². The fraction of sp³-hybridized carbons (Fsp3) is 0.462. The van der Waals surface area contributed by atoms with Crippen LogP contribution >= 0.6 is 15.9 Å². The van der Waals surface area contributed by atoms with Crippen LogP contribution in [0, 0.1) is 5.92 Å². The van der Waals surface area contributed by atoms with Gasteiger partial charge in [-0.1, -0.05) is 28.1 Å². The summed E-state index contributed by atoms with van der Waals surface area (Å²) in [6, 6.07) is 8.42. The van der Waals surface area contributed by atoms with Crippen LogP contribution in [-0.2, 0) is 9.53 Å². The van der Waals surface area contributed by atoms with Gasteiger partial charge >= 0.3 is 5.97 Å². The Morgan fingerprint density at radius 1 is 1.50 bits per heavy atom. The van der Waals surface area contributed by atoms with Crippen LogP contribution in [0.2, 0.25) is 0 Å². The number of hydrogen-bond donors (Lipinski definition) is 0. The zero-order valence-corrected chi connectivity index (χ0v) is 10.9. The fourth-order valence-electron chi connectivity index (χ4n) is 2.25. The Bertz CT molecular complexity index is 383. The van der Waals surface area contributed by atoms with Crippen molar-refractivity contribution in [2.75, 3.05) is 7.11 Å². The molecule has 16 heavy (non-hydrogen) atoms. The van der Waals surface area contributed by atoms with Crippen LogP contribution in [-0.4, -0.2) is 13.1 Å². The van der Waals surface area contributed by atoms with Gasteiger partial charge in [-0.3, -0.25) is 4.79 Å². The molecule has 0 radical (unpaired) electrons. The Kier molecular flexibility index (Phi) is 3.64. The highest BCUT2D eigenvalue weighted by molar-refractivity contribution is 9.10. The topological polar surface area (TPSA) is 26.3 Å². The van der Waals surface area contributed by atoms with Crippen LogP contribution in [0.15, 0.2) is 28.7 Å². The average molecular weight is 283 g/mol. The van der Waals surface area contributed by atoms with E-state index in [1.807, 2.05) is 6.07 Å². The highest BCUT2D eigenvalue weighted by Crippen LogP contribution is 2.43. The van der Waals surface area contributed by atoms with Gasteiger partial charge in [-0.05, 0) is 42.4 Å². The zero-order chi connectivity index (χ0) is 11.5. The van der Waals surface area contributed by atoms with Crippen LogP contribution in [0.25, 0.3) is 0 Å². The number of halogens is 1. The monoisotopic (exact) mass is 282 g/mol. The standard InChI is InChI=1S/C13H15BrO2/c1-16-13(15)7-9-5-11(6-9)10-3-2-4-12(14)8-10/h2-4,8-9,11H,5-7H2,1H3. The maximum Gasteiger partial charge on any atom is 0.305 e. The summed E-state index contributed by atoms with van der Waals surface area (Å²) in [7, 11) is 1.45. The van der Waals surface area contributed by atoms with Gasteiger partial charge in [0.1, 0.15) is 0 Å². The van der Waals surface area contributed by atoms with Crippen molar-refractivity contribution in [1.82, 2.24) is 0 Å². The van der Waals surface area contributed by atoms with Crippen molar-refractivity contribution in [2.45, 2.75) is 25.2 Å². The van der Waals surface area contributed by atoms with E-state index in [-0.39, 0.29) is 5.97 Å². The molecule has 2 rings (SSSR count). The molecule has 3 heteroatoms. The van der Waals surface area contributed by atoms with Crippen molar-refractivity contribution < 1.29 is 9.53 Å². The molecular weight excluding hydrogens is 268 g/mol. The van der Waals surface area contributed by atoms with Gasteiger partial charge in [0.2, 0.25) is 0 Å². The number of rotatable bonds is 3. The van der Waals surface area contributed by atoms with E-state index in [1.54, 1.807) is 0 Å². The first-order valence-corrected chi connectivity index (χ1v) is 6.30. The number of ether oxygens (including phenoxy) is 1. The molecule has 1 aliphatic rings. The molecule has 1 saturated carbocycles. The Labute approximate surface area is 104 Å². The number of methoxy groups -OCH3 is 1. The molecule has 0 atom stereocenters. The van der Waals surface area contributed by atoms with Crippen LogP contribution in [0.1, 0.15) is 30.7 Å². The van der Waals surface area contributed by atoms with E-state index in [4.69, 9.17) is 0 Å². The third kappa shape index (κ3) is 2.64. The molecule has 0 N–H and O–H groups in total. The molecule has 0 unspecified atom stereocenters. The molecule has 0 aliphatic heterocycles. The fourth-order valence-corrected chi connectivity index (χ4v) is 2.67. The van der Waals surface area contributed by atoms with Gasteiger partial charge in [-0.25, -0.2) is 0 Å². The minimum atomic E-state index is -0.0855. The molecular formula is C13H15BrO2. The Morgan fingerprint density at radius 3 is 2.88 bits per heavy atom. The molecule has 0 saturated heterocycles. The average Bonchev–Trinajstić information content (AvgIpc) is 2.22. The lowest BCUT2D eigenvalue weighted by molar-refractivity contribution is -0.142. The first kappa shape index (κ1) is 11.6. The number of carbonyl (C=O) groups excluding carboxylic acids is 1. The SMILES string of the molecule is COC(=O)CC1CC(c2cccc(Br)c2)C1. The predicted octanol–water partition coefficient (Wildman–Crippen LogP) is 3.51. The lowest BCUT2D eigenvalue weighted by atomic mass is 9.70. The molecule has 0 amide bonds. The minimum absolute atomic E-state index is 0.0855. The Hall–Kier alpha value is -0.830. The van der Waals surface area contributed by atoms with E-state index in [1.165, 1.54) is 12.7 Å². The second-order valence-electron chi connectivity index (χ2n) is 4.37. The van der Waals surface area contributed by atoms with Crippen molar-refractivity contribution in [3.8, 4) is 0 Å². The molecule has 0 bridgehead atoms. The number of carbonyl (C=O) groups is 1. The summed E-state index contributed by atoms with van der Waals surface area (Å²) < 4.78 is 5.80. The molecule has 1 fully saturated rings. The lowest BCUT2D eigenvalue weighted by Gasteiger charge is -2.35. The highest BCUT2D eigenvalue weighted by Gasteiger charge is 2.31. The third-order valence-corrected chi connectivity index (χ3v) is 3.73. The van der Waals surface area contributed by atoms with Gasteiger partial charge in [0.15, 0.2) is 0 Å². The summed E-state index contributed by atoms with van der Waals surface area (Å²) in [5, 5.41) is 0. The molecule has 1 aromatic carbocycles. The second-order valence-corrected chi connectivity index (χ2v) is 5.29. The maximum atomic E-state index is 11.1. The summed E-state index contributed by atoms with van der Waals surface area (Å²) in [6.07, 6.45) is 2.78. The molecule has 0 heterocycles. The lowest BCUT2D eigenvalue weighted by Crippen LogP contribution is -2.24. The van der Waals surface area contributed by atoms with E-state index in [9.17, 15) is 4.79 Å². The molecule has 0 aromatic heterocycles. The smallest absolute Gasteiger partial charge is 0.305 e. The summed E-state index contributed by atoms with van der Waals surface area (Å²) in [5.41, 5.74) is 1.37. The number of benzene rings is 1.